The maximum atomic E-state index is 12.9. The van der Waals surface area contributed by atoms with Gasteiger partial charge in [-0.15, -0.1) is 0 Å². The number of carbonyl (C=O) groups excluding carboxylic acids is 1. The zero-order valence-electron chi connectivity index (χ0n) is 21.5. The highest BCUT2D eigenvalue weighted by Crippen LogP contribution is 2.33. The minimum Gasteiger partial charge on any atom is -0.326 e. The number of hydrogen-bond acceptors (Lipinski definition) is 6. The van der Waals surface area contributed by atoms with E-state index in [9.17, 15) is 18.0 Å². The van der Waals surface area contributed by atoms with Crippen LogP contribution in [0.1, 0.15) is 29.8 Å². The lowest BCUT2D eigenvalue weighted by molar-refractivity contribution is -0.141. The van der Waals surface area contributed by atoms with Gasteiger partial charge in [0.1, 0.15) is 17.8 Å². The van der Waals surface area contributed by atoms with Gasteiger partial charge in [0.25, 0.3) is 0 Å². The number of likely N-dealkylation sites (tertiary alicyclic amines) is 1. The maximum Gasteiger partial charge on any atom is 0.433 e. The van der Waals surface area contributed by atoms with Crippen LogP contribution in [0.25, 0.3) is 16.6 Å². The average molecular weight is 539 g/mol. The lowest BCUT2D eigenvalue weighted by Gasteiger charge is -2.26. The fourth-order valence-corrected chi connectivity index (χ4v) is 5.20. The molecule has 2 unspecified atom stereocenters. The molecule has 12 heteroatoms. The first-order valence-electron chi connectivity index (χ1n) is 12.6. The Labute approximate surface area is 223 Å². The predicted octanol–water partition coefficient (Wildman–Crippen LogP) is 4.73. The van der Waals surface area contributed by atoms with E-state index in [1.54, 1.807) is 18.5 Å². The monoisotopic (exact) mass is 538 g/mol. The molecule has 5 rings (SSSR count). The Balaban J connectivity index is 1.34. The van der Waals surface area contributed by atoms with Gasteiger partial charge in [0.15, 0.2) is 0 Å². The Bertz CT molecular complexity index is 1480. The van der Waals surface area contributed by atoms with Gasteiger partial charge in [-0.3, -0.25) is 5.32 Å². The molecule has 204 valence electrons. The molecule has 0 spiro atoms. The summed E-state index contributed by atoms with van der Waals surface area (Å²) >= 11 is 0. The van der Waals surface area contributed by atoms with Crippen LogP contribution >= 0.6 is 0 Å². The molecule has 3 aromatic heterocycles. The zero-order valence-corrected chi connectivity index (χ0v) is 21.5. The van der Waals surface area contributed by atoms with Crippen molar-refractivity contribution in [2.75, 3.05) is 24.2 Å². The average Bonchev–Trinajstić information content (AvgIpc) is 3.47. The summed E-state index contributed by atoms with van der Waals surface area (Å²) < 4.78 is 40.5. The number of alkyl halides is 3. The number of carbonyl (C=O) groups is 1. The van der Waals surface area contributed by atoms with Gasteiger partial charge in [0.2, 0.25) is 0 Å². The van der Waals surface area contributed by atoms with Crippen LogP contribution in [-0.2, 0) is 12.6 Å². The van der Waals surface area contributed by atoms with Crippen molar-refractivity contribution in [2.24, 2.45) is 5.73 Å². The van der Waals surface area contributed by atoms with Crippen molar-refractivity contribution in [3.05, 3.63) is 71.9 Å². The molecule has 4 heterocycles. The summed E-state index contributed by atoms with van der Waals surface area (Å²) in [6.07, 6.45) is 1.71. The first kappa shape index (κ1) is 26.6. The van der Waals surface area contributed by atoms with Crippen LogP contribution in [0, 0.1) is 6.92 Å². The number of aryl methyl sites for hydroxylation is 1. The molecule has 4 aromatic rings. The van der Waals surface area contributed by atoms with Crippen LogP contribution in [0.4, 0.5) is 29.5 Å². The Morgan fingerprint density at radius 1 is 1.18 bits per heavy atom. The van der Waals surface area contributed by atoms with E-state index in [1.807, 2.05) is 29.8 Å². The van der Waals surface area contributed by atoms with Crippen LogP contribution in [-0.4, -0.2) is 56.2 Å². The number of nitrogens with two attached hydrogens (primary N) is 1. The van der Waals surface area contributed by atoms with Crippen molar-refractivity contribution in [1.29, 1.82) is 0 Å². The third-order valence-corrected chi connectivity index (χ3v) is 7.05. The standard InChI is InChI=1S/C27H29F3N8O/c1-16-14-38-25(20(32-15-33-38)13-19(31)21-5-4-12-37(21)2)24(16)17-8-10-18(11-9-17)34-26(39)36-23-7-3-6-22(35-23)27(28,29)30/h3,6-11,14-15,19,21H,4-5,12-13,31H2,1-2H3,(H2,34,35,36,39). The molecular weight excluding hydrogens is 509 g/mol. The van der Waals surface area contributed by atoms with Crippen molar-refractivity contribution >= 4 is 23.1 Å². The molecule has 0 radical (unpaired) electrons. The van der Waals surface area contributed by atoms with Gasteiger partial charge in [-0.2, -0.15) is 18.3 Å². The van der Waals surface area contributed by atoms with E-state index in [0.29, 0.717) is 18.2 Å². The minimum absolute atomic E-state index is 0.0596. The van der Waals surface area contributed by atoms with E-state index in [1.165, 1.54) is 12.1 Å². The summed E-state index contributed by atoms with van der Waals surface area (Å²) in [6, 6.07) is 10.0. The predicted molar refractivity (Wildman–Crippen MR) is 142 cm³/mol. The second-order valence-electron chi connectivity index (χ2n) is 9.81. The summed E-state index contributed by atoms with van der Waals surface area (Å²) in [7, 11) is 2.10. The van der Waals surface area contributed by atoms with Crippen molar-refractivity contribution in [3.63, 3.8) is 0 Å². The number of urea groups is 1. The summed E-state index contributed by atoms with van der Waals surface area (Å²) in [5.41, 5.74) is 10.7. The zero-order chi connectivity index (χ0) is 27.7. The van der Waals surface area contributed by atoms with Gasteiger partial charge in [-0.05, 0) is 68.8 Å². The molecular formula is C27H29F3N8O. The van der Waals surface area contributed by atoms with Gasteiger partial charge in [0.05, 0.1) is 11.2 Å². The van der Waals surface area contributed by atoms with Gasteiger partial charge in [-0.25, -0.2) is 19.3 Å². The Kier molecular flexibility index (Phi) is 7.23. The van der Waals surface area contributed by atoms with E-state index in [0.717, 1.165) is 53.4 Å². The number of amides is 2. The molecule has 1 aliphatic rings. The molecule has 0 bridgehead atoms. The number of nitrogens with zero attached hydrogens (tertiary/aromatic N) is 5. The molecule has 1 aromatic carbocycles. The van der Waals surface area contributed by atoms with Crippen molar-refractivity contribution in [3.8, 4) is 11.1 Å². The number of nitrogens with one attached hydrogen (secondary N) is 2. The van der Waals surface area contributed by atoms with E-state index in [-0.39, 0.29) is 11.9 Å². The molecule has 0 aliphatic carbocycles. The number of hydrogen-bond donors (Lipinski definition) is 3. The number of rotatable bonds is 6. The molecule has 1 saturated heterocycles. The highest BCUT2D eigenvalue weighted by Gasteiger charge is 2.32. The Morgan fingerprint density at radius 3 is 2.64 bits per heavy atom. The lowest BCUT2D eigenvalue weighted by Crippen LogP contribution is -2.43. The quantitative estimate of drug-likeness (QED) is 0.327. The van der Waals surface area contributed by atoms with Crippen molar-refractivity contribution in [2.45, 2.75) is 44.4 Å². The van der Waals surface area contributed by atoms with Gasteiger partial charge in [0, 0.05) is 36.0 Å². The van der Waals surface area contributed by atoms with E-state index >= 15 is 0 Å². The van der Waals surface area contributed by atoms with Crippen LogP contribution < -0.4 is 16.4 Å². The first-order chi connectivity index (χ1) is 18.6. The summed E-state index contributed by atoms with van der Waals surface area (Å²) in [5.74, 6) is -0.204. The van der Waals surface area contributed by atoms with Gasteiger partial charge in [-0.1, -0.05) is 18.2 Å². The topological polar surface area (TPSA) is 113 Å². The second-order valence-corrected chi connectivity index (χ2v) is 9.81. The van der Waals surface area contributed by atoms with E-state index in [4.69, 9.17) is 5.73 Å². The molecule has 2 amide bonds. The van der Waals surface area contributed by atoms with Crippen LogP contribution in [0.2, 0.25) is 0 Å². The summed E-state index contributed by atoms with van der Waals surface area (Å²) in [6.45, 7) is 3.04. The van der Waals surface area contributed by atoms with Gasteiger partial charge < -0.3 is 16.0 Å². The highest BCUT2D eigenvalue weighted by atomic mass is 19.4. The fraction of sp³-hybridized carbons (Fsp3) is 0.333. The molecule has 1 fully saturated rings. The number of halogens is 3. The van der Waals surface area contributed by atoms with Crippen LogP contribution in [0.3, 0.4) is 0 Å². The molecule has 2 atom stereocenters. The molecule has 9 nitrogen and oxygen atoms in total. The Hall–Kier alpha value is -4.03. The van der Waals surface area contributed by atoms with Crippen molar-refractivity contribution < 1.29 is 18.0 Å². The summed E-state index contributed by atoms with van der Waals surface area (Å²) in [5, 5.41) is 9.36. The number of benzene rings is 1. The first-order valence-corrected chi connectivity index (χ1v) is 12.6. The van der Waals surface area contributed by atoms with Crippen LogP contribution in [0.15, 0.2) is 55.0 Å². The van der Waals surface area contributed by atoms with Crippen LogP contribution in [0.5, 0.6) is 0 Å². The smallest absolute Gasteiger partial charge is 0.326 e. The molecule has 0 saturated carbocycles. The number of likely N-dealkylation sites (N-methyl/N-ethyl adjacent to an activating group) is 1. The molecule has 39 heavy (non-hydrogen) atoms. The van der Waals surface area contributed by atoms with E-state index in [2.05, 4.69) is 37.6 Å². The maximum absolute atomic E-state index is 12.9. The largest absolute Gasteiger partial charge is 0.433 e. The second kappa shape index (κ2) is 10.6. The van der Waals surface area contributed by atoms with Gasteiger partial charge >= 0.3 is 12.2 Å². The Morgan fingerprint density at radius 2 is 1.95 bits per heavy atom. The van der Waals surface area contributed by atoms with E-state index < -0.39 is 17.9 Å². The fourth-order valence-electron chi connectivity index (χ4n) is 5.20. The number of aromatic nitrogens is 4. The summed E-state index contributed by atoms with van der Waals surface area (Å²) in [4.78, 5) is 22.7. The SMILES string of the molecule is Cc1cn2ncnc(CC(N)C3CCCN3C)c2c1-c1ccc(NC(=O)Nc2cccc(C(F)(F)F)n2)cc1. The minimum atomic E-state index is -4.60. The molecule has 4 N–H and O–H groups in total. The normalized spacial score (nSPS) is 16.9. The third kappa shape index (κ3) is 5.71. The number of anilines is 2. The number of fused-ring (bicyclic) bond motifs is 1. The van der Waals surface area contributed by atoms with Crippen molar-refractivity contribution in [1.82, 2.24) is 24.5 Å². The number of pyridine rings is 1. The highest BCUT2D eigenvalue weighted by molar-refractivity contribution is 5.99. The third-order valence-electron chi connectivity index (χ3n) is 7.05. The lowest BCUT2D eigenvalue weighted by atomic mass is 9.98. The molecule has 1 aliphatic heterocycles.